The van der Waals surface area contributed by atoms with E-state index in [1.165, 1.54) is 32.1 Å². The SMILES string of the molecule is Cn1cnnc1C(C)(N)C1C2CC3CC(C2)CC1C3. The van der Waals surface area contributed by atoms with Crippen molar-refractivity contribution < 1.29 is 0 Å². The molecule has 4 heteroatoms. The molecule has 5 rings (SSSR count). The van der Waals surface area contributed by atoms with Crippen LogP contribution in [0, 0.1) is 29.6 Å². The van der Waals surface area contributed by atoms with Gasteiger partial charge in [-0.3, -0.25) is 0 Å². The standard InChI is InChI=1S/C15H24N4/c1-15(16,14-18-17-8-19(14)2)13-11-4-9-3-10(6-11)7-12(13)5-9/h8-13H,3-7,16H2,1-2H3. The maximum absolute atomic E-state index is 6.79. The number of nitrogens with two attached hydrogens (primary N) is 1. The summed E-state index contributed by atoms with van der Waals surface area (Å²) in [5, 5.41) is 8.34. The van der Waals surface area contributed by atoms with E-state index in [9.17, 15) is 0 Å². The van der Waals surface area contributed by atoms with Crippen molar-refractivity contribution >= 4 is 0 Å². The van der Waals surface area contributed by atoms with Gasteiger partial charge in [-0.15, -0.1) is 10.2 Å². The summed E-state index contributed by atoms with van der Waals surface area (Å²) >= 11 is 0. The minimum absolute atomic E-state index is 0.326. The van der Waals surface area contributed by atoms with Crippen LogP contribution in [0.4, 0.5) is 0 Å². The summed E-state index contributed by atoms with van der Waals surface area (Å²) in [7, 11) is 2.01. The molecule has 4 bridgehead atoms. The van der Waals surface area contributed by atoms with Crippen LogP contribution >= 0.6 is 0 Å². The minimum atomic E-state index is -0.326. The average molecular weight is 260 g/mol. The van der Waals surface area contributed by atoms with Gasteiger partial charge in [0.25, 0.3) is 0 Å². The van der Waals surface area contributed by atoms with Gasteiger partial charge in [0.1, 0.15) is 6.33 Å². The zero-order valence-electron chi connectivity index (χ0n) is 11.9. The van der Waals surface area contributed by atoms with Crippen molar-refractivity contribution in [3.8, 4) is 0 Å². The fourth-order valence-corrected chi connectivity index (χ4v) is 5.82. The second kappa shape index (κ2) is 3.81. The van der Waals surface area contributed by atoms with Gasteiger partial charge in [-0.2, -0.15) is 0 Å². The summed E-state index contributed by atoms with van der Waals surface area (Å²) in [6.45, 7) is 2.18. The zero-order chi connectivity index (χ0) is 13.2. The fourth-order valence-electron chi connectivity index (χ4n) is 5.82. The van der Waals surface area contributed by atoms with E-state index in [0.29, 0.717) is 5.92 Å². The van der Waals surface area contributed by atoms with Crippen LogP contribution < -0.4 is 5.73 Å². The molecular weight excluding hydrogens is 236 g/mol. The number of rotatable bonds is 2. The molecule has 104 valence electrons. The largest absolute Gasteiger partial charge is 0.319 e. The highest BCUT2D eigenvalue weighted by Crippen LogP contribution is 2.59. The number of hydrogen-bond acceptors (Lipinski definition) is 3. The van der Waals surface area contributed by atoms with E-state index in [1.807, 2.05) is 11.6 Å². The molecule has 4 saturated carbocycles. The van der Waals surface area contributed by atoms with E-state index >= 15 is 0 Å². The Hall–Kier alpha value is -0.900. The van der Waals surface area contributed by atoms with Crippen LogP contribution in [0.5, 0.6) is 0 Å². The molecule has 4 nitrogen and oxygen atoms in total. The Kier molecular flexibility index (Phi) is 2.39. The van der Waals surface area contributed by atoms with Gasteiger partial charge in [-0.25, -0.2) is 0 Å². The van der Waals surface area contributed by atoms with Crippen LogP contribution in [0.3, 0.4) is 0 Å². The third kappa shape index (κ3) is 1.62. The molecule has 4 fully saturated rings. The maximum atomic E-state index is 6.79. The Bertz CT molecular complexity index is 462. The average Bonchev–Trinajstić information content (AvgIpc) is 2.74. The summed E-state index contributed by atoms with van der Waals surface area (Å²) in [6.07, 6.45) is 8.89. The molecule has 1 aromatic heterocycles. The smallest absolute Gasteiger partial charge is 0.152 e. The Labute approximate surface area is 114 Å². The quantitative estimate of drug-likeness (QED) is 0.885. The van der Waals surface area contributed by atoms with Crippen molar-refractivity contribution in [3.05, 3.63) is 12.2 Å². The molecule has 1 heterocycles. The van der Waals surface area contributed by atoms with E-state index < -0.39 is 0 Å². The van der Waals surface area contributed by atoms with Gasteiger partial charge in [0.2, 0.25) is 0 Å². The third-order valence-corrected chi connectivity index (χ3v) is 6.11. The van der Waals surface area contributed by atoms with Gasteiger partial charge >= 0.3 is 0 Å². The topological polar surface area (TPSA) is 56.7 Å². The van der Waals surface area contributed by atoms with Gasteiger partial charge in [0.15, 0.2) is 5.82 Å². The lowest BCUT2D eigenvalue weighted by atomic mass is 9.48. The van der Waals surface area contributed by atoms with Crippen LogP contribution in [0.25, 0.3) is 0 Å². The first-order chi connectivity index (χ1) is 9.05. The second-order valence-electron chi connectivity index (χ2n) is 7.50. The molecule has 0 aliphatic heterocycles. The van der Waals surface area contributed by atoms with E-state index in [0.717, 1.165) is 29.5 Å². The molecule has 0 aromatic carbocycles. The van der Waals surface area contributed by atoms with Crippen LogP contribution in [-0.4, -0.2) is 14.8 Å². The first-order valence-corrected chi connectivity index (χ1v) is 7.69. The summed E-state index contributed by atoms with van der Waals surface area (Å²) < 4.78 is 2.01. The highest BCUT2D eigenvalue weighted by molar-refractivity contribution is 5.12. The molecule has 4 aliphatic carbocycles. The monoisotopic (exact) mass is 260 g/mol. The Morgan fingerprint density at radius 3 is 2.21 bits per heavy atom. The number of nitrogens with zero attached hydrogens (tertiary/aromatic N) is 3. The Morgan fingerprint density at radius 2 is 1.74 bits per heavy atom. The Balaban J connectivity index is 1.70. The van der Waals surface area contributed by atoms with Crippen LogP contribution in [0.15, 0.2) is 6.33 Å². The first kappa shape index (κ1) is 11.9. The van der Waals surface area contributed by atoms with Crippen LogP contribution in [0.1, 0.15) is 44.9 Å². The molecule has 1 aromatic rings. The summed E-state index contributed by atoms with van der Waals surface area (Å²) in [4.78, 5) is 0. The molecule has 0 radical (unpaired) electrons. The van der Waals surface area contributed by atoms with E-state index in [-0.39, 0.29) is 5.54 Å². The van der Waals surface area contributed by atoms with Gasteiger partial charge < -0.3 is 10.3 Å². The zero-order valence-corrected chi connectivity index (χ0v) is 11.9. The molecule has 4 aliphatic rings. The molecular formula is C15H24N4. The van der Waals surface area contributed by atoms with Crippen molar-refractivity contribution in [2.75, 3.05) is 0 Å². The summed E-state index contributed by atoms with van der Waals surface area (Å²) in [6, 6.07) is 0. The van der Waals surface area contributed by atoms with Crippen molar-refractivity contribution in [3.63, 3.8) is 0 Å². The molecule has 0 amide bonds. The second-order valence-corrected chi connectivity index (χ2v) is 7.50. The Morgan fingerprint density at radius 1 is 1.16 bits per heavy atom. The number of aryl methyl sites for hydroxylation is 1. The molecule has 19 heavy (non-hydrogen) atoms. The van der Waals surface area contributed by atoms with Crippen molar-refractivity contribution in [1.29, 1.82) is 0 Å². The lowest BCUT2D eigenvalue weighted by molar-refractivity contribution is -0.0699. The summed E-state index contributed by atoms with van der Waals surface area (Å²) in [5.41, 5.74) is 6.46. The van der Waals surface area contributed by atoms with E-state index in [2.05, 4.69) is 17.1 Å². The van der Waals surface area contributed by atoms with Gasteiger partial charge in [-0.05, 0) is 68.6 Å². The molecule has 0 saturated heterocycles. The predicted octanol–water partition coefficient (Wildman–Crippen LogP) is 2.06. The highest BCUT2D eigenvalue weighted by Gasteiger charge is 2.54. The highest BCUT2D eigenvalue weighted by atomic mass is 15.3. The minimum Gasteiger partial charge on any atom is -0.319 e. The van der Waals surface area contributed by atoms with E-state index in [4.69, 9.17) is 5.73 Å². The van der Waals surface area contributed by atoms with Gasteiger partial charge in [0, 0.05) is 7.05 Å². The molecule has 1 unspecified atom stereocenters. The van der Waals surface area contributed by atoms with Crippen molar-refractivity contribution in [2.24, 2.45) is 42.4 Å². The van der Waals surface area contributed by atoms with Gasteiger partial charge in [-0.1, -0.05) is 0 Å². The molecule has 0 spiro atoms. The number of hydrogen-bond donors (Lipinski definition) is 1. The maximum Gasteiger partial charge on any atom is 0.152 e. The third-order valence-electron chi connectivity index (χ3n) is 6.11. The fraction of sp³-hybridized carbons (Fsp3) is 0.867. The van der Waals surface area contributed by atoms with Crippen LogP contribution in [0.2, 0.25) is 0 Å². The first-order valence-electron chi connectivity index (χ1n) is 7.69. The van der Waals surface area contributed by atoms with Crippen molar-refractivity contribution in [2.45, 2.75) is 44.6 Å². The van der Waals surface area contributed by atoms with Gasteiger partial charge in [0.05, 0.1) is 5.54 Å². The number of aromatic nitrogens is 3. The lowest BCUT2D eigenvalue weighted by Gasteiger charge is -2.58. The van der Waals surface area contributed by atoms with E-state index in [1.54, 1.807) is 6.33 Å². The normalized spacial score (nSPS) is 43.4. The predicted molar refractivity (Wildman–Crippen MR) is 73.1 cm³/mol. The molecule has 1 atom stereocenters. The molecule has 2 N–H and O–H groups in total. The lowest BCUT2D eigenvalue weighted by Crippen LogP contribution is -2.56. The van der Waals surface area contributed by atoms with Crippen LogP contribution in [-0.2, 0) is 12.6 Å². The summed E-state index contributed by atoms with van der Waals surface area (Å²) in [5.74, 6) is 5.20. The van der Waals surface area contributed by atoms with Crippen molar-refractivity contribution in [1.82, 2.24) is 14.8 Å².